The summed E-state index contributed by atoms with van der Waals surface area (Å²) in [7, 11) is 0. The van der Waals surface area contributed by atoms with Gasteiger partial charge in [0.1, 0.15) is 10.8 Å². The Bertz CT molecular complexity index is 337. The molecule has 2 heteroatoms. The molecule has 0 aromatic rings. The molecule has 0 aromatic carbocycles. The van der Waals surface area contributed by atoms with Gasteiger partial charge in [0.05, 0.1) is 6.61 Å². The lowest BCUT2D eigenvalue weighted by Crippen LogP contribution is -1.99. The maximum Gasteiger partial charge on any atom is 0.147 e. The summed E-state index contributed by atoms with van der Waals surface area (Å²) in [6.45, 7) is 6.97. The van der Waals surface area contributed by atoms with E-state index in [1.165, 1.54) is 0 Å². The van der Waals surface area contributed by atoms with Gasteiger partial charge in [-0.25, -0.2) is 0 Å². The normalized spacial score (nSPS) is 15.1. The standard InChI is InChI=1S/C12H15ClO/c1-4-7-14-12-8-10(9(2)3)5-6-11(12)13/h8-9H,4,7H2,1-3H3. The fourth-order valence-corrected chi connectivity index (χ4v) is 1.21. The van der Waals surface area contributed by atoms with Gasteiger partial charge < -0.3 is 4.74 Å². The minimum atomic E-state index is 0.424. The van der Waals surface area contributed by atoms with Crippen molar-refractivity contribution in [3.8, 4) is 0 Å². The van der Waals surface area contributed by atoms with Crippen LogP contribution in [-0.4, -0.2) is 6.61 Å². The Morgan fingerprint density at radius 1 is 1.43 bits per heavy atom. The number of ether oxygens (including phenoxy) is 1. The van der Waals surface area contributed by atoms with Crippen LogP contribution in [0.2, 0.25) is 0 Å². The number of hydrogen-bond donors (Lipinski definition) is 0. The summed E-state index contributed by atoms with van der Waals surface area (Å²) in [6.07, 6.45) is 2.92. The maximum absolute atomic E-state index is 5.92. The van der Waals surface area contributed by atoms with Crippen LogP contribution in [-0.2, 0) is 4.74 Å². The van der Waals surface area contributed by atoms with Crippen LogP contribution in [0.4, 0.5) is 0 Å². The van der Waals surface area contributed by atoms with Crippen LogP contribution in [0.5, 0.6) is 0 Å². The molecular formula is C12H15ClO. The second kappa shape index (κ2) is 5.12. The van der Waals surface area contributed by atoms with E-state index in [2.05, 4.69) is 32.2 Å². The quantitative estimate of drug-likeness (QED) is 0.642. The summed E-state index contributed by atoms with van der Waals surface area (Å²) >= 11 is 5.92. The first-order chi connectivity index (χ1) is 6.65. The van der Waals surface area contributed by atoms with Crippen molar-refractivity contribution in [3.05, 3.63) is 33.9 Å². The molecule has 1 aliphatic carbocycles. The minimum absolute atomic E-state index is 0.424. The van der Waals surface area contributed by atoms with Gasteiger partial charge in [0, 0.05) is 5.57 Å². The van der Waals surface area contributed by atoms with Gasteiger partial charge in [-0.15, -0.1) is 0 Å². The topological polar surface area (TPSA) is 9.23 Å². The third-order valence-corrected chi connectivity index (χ3v) is 2.18. The molecule has 0 bridgehead atoms. The van der Waals surface area contributed by atoms with Crippen molar-refractivity contribution >= 4 is 11.6 Å². The van der Waals surface area contributed by atoms with Gasteiger partial charge in [0.15, 0.2) is 0 Å². The Balaban J connectivity index is 2.83. The van der Waals surface area contributed by atoms with E-state index in [0.717, 1.165) is 17.8 Å². The fraction of sp³-hybridized carbons (Fsp3) is 0.500. The van der Waals surface area contributed by atoms with Crippen molar-refractivity contribution < 1.29 is 4.74 Å². The highest BCUT2D eigenvalue weighted by Crippen LogP contribution is 2.23. The van der Waals surface area contributed by atoms with Crippen LogP contribution < -0.4 is 0 Å². The smallest absolute Gasteiger partial charge is 0.147 e. The first-order valence-corrected chi connectivity index (χ1v) is 5.29. The van der Waals surface area contributed by atoms with Gasteiger partial charge in [0.25, 0.3) is 0 Å². The summed E-state index contributed by atoms with van der Waals surface area (Å²) in [5.74, 6) is 1.14. The van der Waals surface area contributed by atoms with Crippen molar-refractivity contribution in [1.29, 1.82) is 0 Å². The van der Waals surface area contributed by atoms with Crippen molar-refractivity contribution in [2.45, 2.75) is 27.2 Å². The van der Waals surface area contributed by atoms with E-state index < -0.39 is 0 Å². The molecule has 0 saturated carbocycles. The van der Waals surface area contributed by atoms with Gasteiger partial charge in [-0.05, 0) is 24.1 Å². The fourth-order valence-electron chi connectivity index (χ4n) is 1.06. The van der Waals surface area contributed by atoms with E-state index in [9.17, 15) is 0 Å². The average Bonchev–Trinajstić information content (AvgIpc) is 2.16. The molecule has 0 unspecified atom stereocenters. The Morgan fingerprint density at radius 2 is 2.14 bits per heavy atom. The molecule has 0 saturated heterocycles. The molecule has 0 N–H and O–H groups in total. The summed E-state index contributed by atoms with van der Waals surface area (Å²) in [5, 5.41) is 0.517. The van der Waals surface area contributed by atoms with Crippen LogP contribution in [0.3, 0.4) is 0 Å². The number of allylic oxidation sites excluding steroid dienone is 3. The molecule has 0 heterocycles. The second-order valence-corrected chi connectivity index (χ2v) is 3.91. The third kappa shape index (κ3) is 2.82. The van der Waals surface area contributed by atoms with Gasteiger partial charge in [-0.1, -0.05) is 38.1 Å². The van der Waals surface area contributed by atoms with E-state index in [4.69, 9.17) is 16.3 Å². The molecule has 0 amide bonds. The Morgan fingerprint density at radius 3 is 2.71 bits per heavy atom. The monoisotopic (exact) mass is 210 g/mol. The minimum Gasteiger partial charge on any atom is -0.491 e. The lowest BCUT2D eigenvalue weighted by molar-refractivity contribution is 0.222. The van der Waals surface area contributed by atoms with Gasteiger partial charge in [-0.3, -0.25) is 0 Å². The van der Waals surface area contributed by atoms with Crippen LogP contribution in [0.1, 0.15) is 27.2 Å². The summed E-state index contributed by atoms with van der Waals surface area (Å²) in [4.78, 5) is 0. The zero-order valence-corrected chi connectivity index (χ0v) is 9.61. The molecule has 0 spiro atoms. The molecule has 0 aliphatic heterocycles. The highest BCUT2D eigenvalue weighted by molar-refractivity contribution is 6.31. The molecule has 0 fully saturated rings. The summed E-state index contributed by atoms with van der Waals surface area (Å²) < 4.78 is 5.49. The Kier molecular flexibility index (Phi) is 4.10. The van der Waals surface area contributed by atoms with Gasteiger partial charge in [0.2, 0.25) is 0 Å². The molecule has 14 heavy (non-hydrogen) atoms. The van der Waals surface area contributed by atoms with Gasteiger partial charge >= 0.3 is 0 Å². The number of rotatable bonds is 4. The van der Waals surface area contributed by atoms with E-state index in [1.807, 2.05) is 6.08 Å². The molecule has 0 atom stereocenters. The zero-order chi connectivity index (χ0) is 10.6. The molecule has 1 rings (SSSR count). The highest BCUT2D eigenvalue weighted by Gasteiger charge is 2.10. The van der Waals surface area contributed by atoms with E-state index >= 15 is 0 Å². The van der Waals surface area contributed by atoms with E-state index in [0.29, 0.717) is 17.6 Å². The van der Waals surface area contributed by atoms with E-state index in [-0.39, 0.29) is 0 Å². The summed E-state index contributed by atoms with van der Waals surface area (Å²) in [6, 6.07) is 0. The Hall–Kier alpha value is -0.870. The summed E-state index contributed by atoms with van der Waals surface area (Å²) in [5.41, 5.74) is 6.97. The molecule has 0 radical (unpaired) electrons. The lowest BCUT2D eigenvalue weighted by atomic mass is 10.0. The van der Waals surface area contributed by atoms with Crippen LogP contribution in [0.25, 0.3) is 0 Å². The maximum atomic E-state index is 5.92. The number of halogens is 1. The average molecular weight is 211 g/mol. The largest absolute Gasteiger partial charge is 0.491 e. The van der Waals surface area contributed by atoms with Crippen LogP contribution in [0, 0.1) is 5.92 Å². The van der Waals surface area contributed by atoms with Crippen molar-refractivity contribution in [3.63, 3.8) is 0 Å². The van der Waals surface area contributed by atoms with Gasteiger partial charge in [-0.2, -0.15) is 0 Å². The molecule has 1 aliphatic rings. The highest BCUT2D eigenvalue weighted by atomic mass is 35.5. The van der Waals surface area contributed by atoms with Crippen molar-refractivity contribution in [2.75, 3.05) is 6.61 Å². The molecule has 0 aromatic heterocycles. The van der Waals surface area contributed by atoms with Crippen molar-refractivity contribution in [1.82, 2.24) is 0 Å². The number of hydrogen-bond acceptors (Lipinski definition) is 1. The predicted octanol–water partition coefficient (Wildman–Crippen LogP) is 3.77. The van der Waals surface area contributed by atoms with Crippen LogP contribution in [0.15, 0.2) is 33.9 Å². The SMILES string of the molecule is CCCOC1=CC(C(C)C)=C=C=C1Cl. The lowest BCUT2D eigenvalue weighted by Gasteiger charge is -2.11. The predicted molar refractivity (Wildman–Crippen MR) is 59.1 cm³/mol. The van der Waals surface area contributed by atoms with E-state index in [1.54, 1.807) is 0 Å². The second-order valence-electron chi connectivity index (χ2n) is 3.53. The Labute approximate surface area is 90.4 Å². The third-order valence-electron chi connectivity index (χ3n) is 1.90. The van der Waals surface area contributed by atoms with Crippen molar-refractivity contribution in [2.24, 2.45) is 5.92 Å². The first kappa shape index (κ1) is 11.2. The first-order valence-electron chi connectivity index (χ1n) is 4.91. The zero-order valence-electron chi connectivity index (χ0n) is 8.86. The molecule has 1 nitrogen and oxygen atoms in total. The van der Waals surface area contributed by atoms with Crippen LogP contribution >= 0.6 is 11.6 Å². The molecular weight excluding hydrogens is 196 g/mol. The molecule has 76 valence electrons.